The average molecular weight is 432 g/mol. The molecule has 0 saturated carbocycles. The molecule has 0 atom stereocenters. The summed E-state index contributed by atoms with van der Waals surface area (Å²) in [7, 11) is 0. The molecule has 0 saturated heterocycles. The van der Waals surface area contributed by atoms with Crippen LogP contribution in [0.4, 0.5) is 26.0 Å². The molecule has 3 aromatic heterocycles. The summed E-state index contributed by atoms with van der Waals surface area (Å²) in [5, 5.41) is 0.493. The molecule has 5 heterocycles. The third-order valence-electron chi connectivity index (χ3n) is 5.89. The van der Waals surface area contributed by atoms with Crippen LogP contribution in [0.3, 0.4) is 0 Å². The minimum atomic E-state index is -0.916. The Morgan fingerprint density at radius 2 is 1.88 bits per heavy atom. The summed E-state index contributed by atoms with van der Waals surface area (Å²) in [6.07, 6.45) is 5.71. The molecule has 6 rings (SSSR count). The molecule has 0 bridgehead atoms. The van der Waals surface area contributed by atoms with E-state index in [2.05, 4.69) is 30.8 Å². The average Bonchev–Trinajstić information content (AvgIpc) is 2.83. The first-order chi connectivity index (χ1) is 15.7. The van der Waals surface area contributed by atoms with Gasteiger partial charge in [0.15, 0.2) is 11.6 Å². The highest BCUT2D eigenvalue weighted by Gasteiger charge is 2.25. The SMILES string of the molecule is Fc1cc2ncnc(N3CCc4ncc(N5CCOc6ncccc65)cc4C3)c2cc1F. The topological polar surface area (TPSA) is 67.3 Å². The number of ether oxygens (including phenoxy) is 1. The van der Waals surface area contributed by atoms with E-state index in [0.717, 1.165) is 35.1 Å². The molecule has 160 valence electrons. The Hall–Kier alpha value is -3.88. The minimum Gasteiger partial charge on any atom is -0.474 e. The first-order valence-corrected chi connectivity index (χ1v) is 10.4. The smallest absolute Gasteiger partial charge is 0.237 e. The summed E-state index contributed by atoms with van der Waals surface area (Å²) < 4.78 is 33.3. The lowest BCUT2D eigenvalue weighted by Gasteiger charge is -2.33. The van der Waals surface area contributed by atoms with Crippen molar-refractivity contribution >= 4 is 28.1 Å². The predicted octanol–water partition coefficient (Wildman–Crippen LogP) is 3.79. The van der Waals surface area contributed by atoms with Gasteiger partial charge in [-0.05, 0) is 29.8 Å². The number of benzene rings is 1. The standard InChI is InChI=1S/C23H18F2N6O/c24-17-9-16-20(10-18(17)25)28-13-29-22(16)30-5-3-19-14(12-30)8-15(11-27-19)31-6-7-32-23-21(31)2-1-4-26-23/h1-2,4,8-11,13H,3,5-7,12H2. The molecule has 1 aromatic carbocycles. The van der Waals surface area contributed by atoms with Gasteiger partial charge in [-0.1, -0.05) is 0 Å². The van der Waals surface area contributed by atoms with Crippen molar-refractivity contribution in [1.29, 1.82) is 0 Å². The van der Waals surface area contributed by atoms with Crippen LogP contribution in [0.25, 0.3) is 10.9 Å². The van der Waals surface area contributed by atoms with Gasteiger partial charge < -0.3 is 14.5 Å². The summed E-state index contributed by atoms with van der Waals surface area (Å²) in [6, 6.07) is 8.27. The Bertz CT molecular complexity index is 1350. The highest BCUT2D eigenvalue weighted by Crippen LogP contribution is 2.36. The molecule has 0 fully saturated rings. The van der Waals surface area contributed by atoms with E-state index in [-0.39, 0.29) is 0 Å². The van der Waals surface area contributed by atoms with Crippen LogP contribution in [0.15, 0.2) is 49.1 Å². The Balaban J connectivity index is 1.36. The number of halogens is 2. The normalized spacial score (nSPS) is 15.3. The molecule has 4 aromatic rings. The fraction of sp³-hybridized carbons (Fsp3) is 0.217. The number of hydrogen-bond acceptors (Lipinski definition) is 7. The summed E-state index contributed by atoms with van der Waals surface area (Å²) in [5.74, 6) is -0.625. The van der Waals surface area contributed by atoms with Gasteiger partial charge in [0.2, 0.25) is 5.88 Å². The molecule has 0 radical (unpaired) electrons. The van der Waals surface area contributed by atoms with E-state index < -0.39 is 11.6 Å². The van der Waals surface area contributed by atoms with Gasteiger partial charge in [0.25, 0.3) is 0 Å². The molecule has 32 heavy (non-hydrogen) atoms. The van der Waals surface area contributed by atoms with E-state index in [1.165, 1.54) is 12.4 Å². The van der Waals surface area contributed by atoms with Gasteiger partial charge in [0.05, 0.1) is 23.9 Å². The monoisotopic (exact) mass is 432 g/mol. The van der Waals surface area contributed by atoms with Crippen LogP contribution in [0.1, 0.15) is 11.3 Å². The zero-order chi connectivity index (χ0) is 21.7. The van der Waals surface area contributed by atoms with Crippen LogP contribution in [-0.2, 0) is 13.0 Å². The second-order valence-corrected chi connectivity index (χ2v) is 7.78. The summed E-state index contributed by atoms with van der Waals surface area (Å²) in [6.45, 7) is 2.48. The van der Waals surface area contributed by atoms with E-state index in [4.69, 9.17) is 9.72 Å². The number of rotatable bonds is 2. The van der Waals surface area contributed by atoms with Crippen LogP contribution in [0.2, 0.25) is 0 Å². The van der Waals surface area contributed by atoms with E-state index in [1.54, 1.807) is 6.20 Å². The Kier molecular flexibility index (Phi) is 4.34. The molecule has 0 unspecified atom stereocenters. The largest absolute Gasteiger partial charge is 0.474 e. The number of nitrogens with zero attached hydrogens (tertiary/aromatic N) is 6. The van der Waals surface area contributed by atoms with Crippen molar-refractivity contribution < 1.29 is 13.5 Å². The van der Waals surface area contributed by atoms with Gasteiger partial charge >= 0.3 is 0 Å². The van der Waals surface area contributed by atoms with Gasteiger partial charge in [-0.2, -0.15) is 0 Å². The fourth-order valence-electron chi connectivity index (χ4n) is 4.35. The van der Waals surface area contributed by atoms with Crippen LogP contribution < -0.4 is 14.5 Å². The lowest BCUT2D eigenvalue weighted by Crippen LogP contribution is -2.33. The highest BCUT2D eigenvalue weighted by molar-refractivity contribution is 5.89. The van der Waals surface area contributed by atoms with E-state index in [0.29, 0.717) is 48.8 Å². The van der Waals surface area contributed by atoms with E-state index >= 15 is 0 Å². The second-order valence-electron chi connectivity index (χ2n) is 7.78. The maximum absolute atomic E-state index is 13.9. The molecule has 2 aliphatic heterocycles. The zero-order valence-corrected chi connectivity index (χ0v) is 17.0. The van der Waals surface area contributed by atoms with Gasteiger partial charge in [-0.25, -0.2) is 23.7 Å². The first kappa shape index (κ1) is 18.9. The number of hydrogen-bond donors (Lipinski definition) is 0. The van der Waals surface area contributed by atoms with Crippen molar-refractivity contribution in [3.05, 3.63) is 71.9 Å². The van der Waals surface area contributed by atoms with Crippen molar-refractivity contribution in [3.8, 4) is 5.88 Å². The maximum Gasteiger partial charge on any atom is 0.237 e. The summed E-state index contributed by atoms with van der Waals surface area (Å²) >= 11 is 0. The Labute approximate surface area is 182 Å². The van der Waals surface area contributed by atoms with Crippen molar-refractivity contribution in [3.63, 3.8) is 0 Å². The molecule has 0 N–H and O–H groups in total. The molecule has 7 nitrogen and oxygen atoms in total. The highest BCUT2D eigenvalue weighted by atomic mass is 19.2. The van der Waals surface area contributed by atoms with Crippen molar-refractivity contribution in [2.75, 3.05) is 29.5 Å². The van der Waals surface area contributed by atoms with Crippen LogP contribution in [-0.4, -0.2) is 39.6 Å². The molecule has 9 heteroatoms. The van der Waals surface area contributed by atoms with Crippen LogP contribution in [0.5, 0.6) is 5.88 Å². The van der Waals surface area contributed by atoms with Crippen molar-refractivity contribution in [1.82, 2.24) is 19.9 Å². The third-order valence-corrected chi connectivity index (χ3v) is 5.89. The maximum atomic E-state index is 13.9. The van der Waals surface area contributed by atoms with E-state index in [9.17, 15) is 8.78 Å². The summed E-state index contributed by atoms with van der Waals surface area (Å²) in [4.78, 5) is 21.7. The number of pyridine rings is 2. The number of fused-ring (bicyclic) bond motifs is 3. The predicted molar refractivity (Wildman–Crippen MR) is 115 cm³/mol. The van der Waals surface area contributed by atoms with Gasteiger partial charge in [-0.3, -0.25) is 4.98 Å². The lowest BCUT2D eigenvalue weighted by molar-refractivity contribution is 0.301. The summed E-state index contributed by atoms with van der Waals surface area (Å²) in [5.41, 5.74) is 4.35. The molecular formula is C23H18F2N6O. The van der Waals surface area contributed by atoms with Crippen LogP contribution >= 0.6 is 0 Å². The quantitative estimate of drug-likeness (QED) is 0.477. The molecule has 0 amide bonds. The van der Waals surface area contributed by atoms with Crippen molar-refractivity contribution in [2.24, 2.45) is 0 Å². The Morgan fingerprint density at radius 3 is 2.81 bits per heavy atom. The first-order valence-electron chi connectivity index (χ1n) is 10.4. The molecule has 0 spiro atoms. The van der Waals surface area contributed by atoms with Gasteiger partial charge in [0, 0.05) is 42.9 Å². The second kappa shape index (κ2) is 7.37. The lowest BCUT2D eigenvalue weighted by atomic mass is 10.0. The van der Waals surface area contributed by atoms with Crippen LogP contribution in [0, 0.1) is 11.6 Å². The molecule has 2 aliphatic rings. The minimum absolute atomic E-state index is 0.379. The van der Waals surface area contributed by atoms with Gasteiger partial charge in [0.1, 0.15) is 24.4 Å². The number of anilines is 3. The van der Waals surface area contributed by atoms with Crippen molar-refractivity contribution in [2.45, 2.75) is 13.0 Å². The fourth-order valence-corrected chi connectivity index (χ4v) is 4.35. The van der Waals surface area contributed by atoms with Gasteiger partial charge in [-0.15, -0.1) is 0 Å². The van der Waals surface area contributed by atoms with E-state index in [1.807, 2.05) is 18.3 Å². The third kappa shape index (κ3) is 3.08. The molecular weight excluding hydrogens is 414 g/mol. The Morgan fingerprint density at radius 1 is 0.969 bits per heavy atom. The zero-order valence-electron chi connectivity index (χ0n) is 17.0. The molecule has 0 aliphatic carbocycles. The number of aromatic nitrogens is 4.